The largest absolute Gasteiger partial charge is 0.314 e. The standard InChI is InChI=1S/C10H15N3S/c1-14-10-8(3-2-4-13-10)9-7-11-5-6-12-9/h2-4,9,11-12H,5-7H2,1H3/t9-/m0/s1. The highest BCUT2D eigenvalue weighted by Gasteiger charge is 2.17. The molecule has 0 aromatic carbocycles. The first kappa shape index (κ1) is 9.96. The highest BCUT2D eigenvalue weighted by atomic mass is 32.2. The van der Waals surface area contributed by atoms with Crippen LogP contribution in [0, 0.1) is 0 Å². The Kier molecular flexibility index (Phi) is 3.39. The molecule has 1 aromatic rings. The van der Waals surface area contributed by atoms with Gasteiger partial charge in [-0.25, -0.2) is 4.98 Å². The Labute approximate surface area is 88.7 Å². The van der Waals surface area contributed by atoms with Gasteiger partial charge in [-0.15, -0.1) is 11.8 Å². The molecule has 0 amide bonds. The van der Waals surface area contributed by atoms with Crippen LogP contribution in [0.15, 0.2) is 23.4 Å². The molecule has 3 nitrogen and oxygen atoms in total. The van der Waals surface area contributed by atoms with Crippen LogP contribution >= 0.6 is 11.8 Å². The van der Waals surface area contributed by atoms with Crippen LogP contribution < -0.4 is 10.6 Å². The molecule has 0 bridgehead atoms. The van der Waals surface area contributed by atoms with E-state index in [1.807, 2.05) is 12.3 Å². The summed E-state index contributed by atoms with van der Waals surface area (Å²) in [6.45, 7) is 3.10. The van der Waals surface area contributed by atoms with Crippen molar-refractivity contribution in [3.05, 3.63) is 23.9 Å². The van der Waals surface area contributed by atoms with Crippen LogP contribution in [0.4, 0.5) is 0 Å². The number of piperazine rings is 1. The average Bonchev–Trinajstić information content (AvgIpc) is 2.30. The SMILES string of the molecule is CSc1ncccc1[C@@H]1CNCCN1. The summed E-state index contributed by atoms with van der Waals surface area (Å²) in [5, 5.41) is 8.01. The Morgan fingerprint density at radius 3 is 3.14 bits per heavy atom. The summed E-state index contributed by atoms with van der Waals surface area (Å²) in [6, 6.07) is 4.58. The molecule has 1 atom stereocenters. The summed E-state index contributed by atoms with van der Waals surface area (Å²) in [6.07, 6.45) is 3.92. The summed E-state index contributed by atoms with van der Waals surface area (Å²) >= 11 is 1.71. The molecule has 0 saturated carbocycles. The molecule has 2 N–H and O–H groups in total. The number of rotatable bonds is 2. The van der Waals surface area contributed by atoms with Gasteiger partial charge in [0.15, 0.2) is 0 Å². The lowest BCUT2D eigenvalue weighted by atomic mass is 10.1. The van der Waals surface area contributed by atoms with Gasteiger partial charge in [-0.3, -0.25) is 0 Å². The molecule has 14 heavy (non-hydrogen) atoms. The van der Waals surface area contributed by atoms with Crippen LogP contribution in [0.5, 0.6) is 0 Å². The smallest absolute Gasteiger partial charge is 0.100 e. The quantitative estimate of drug-likeness (QED) is 0.714. The average molecular weight is 209 g/mol. The van der Waals surface area contributed by atoms with Gasteiger partial charge in [0, 0.05) is 37.4 Å². The van der Waals surface area contributed by atoms with E-state index in [0.29, 0.717) is 6.04 Å². The number of hydrogen-bond acceptors (Lipinski definition) is 4. The minimum Gasteiger partial charge on any atom is -0.314 e. The van der Waals surface area contributed by atoms with Crippen LogP contribution in [0.1, 0.15) is 11.6 Å². The molecule has 1 saturated heterocycles. The fourth-order valence-electron chi connectivity index (χ4n) is 1.71. The topological polar surface area (TPSA) is 37.0 Å². The van der Waals surface area contributed by atoms with E-state index < -0.39 is 0 Å². The molecule has 76 valence electrons. The number of pyridine rings is 1. The monoisotopic (exact) mass is 209 g/mol. The van der Waals surface area contributed by atoms with Gasteiger partial charge in [-0.05, 0) is 12.3 Å². The summed E-state index contributed by atoms with van der Waals surface area (Å²) < 4.78 is 0. The molecular formula is C10H15N3S. The second-order valence-corrected chi connectivity index (χ2v) is 4.11. The first-order valence-corrected chi connectivity index (χ1v) is 6.07. The lowest BCUT2D eigenvalue weighted by Gasteiger charge is -2.25. The molecule has 0 unspecified atom stereocenters. The molecule has 1 fully saturated rings. The van der Waals surface area contributed by atoms with E-state index in [-0.39, 0.29) is 0 Å². The Hall–Kier alpha value is -0.580. The van der Waals surface area contributed by atoms with Gasteiger partial charge in [0.2, 0.25) is 0 Å². The van der Waals surface area contributed by atoms with Gasteiger partial charge < -0.3 is 10.6 Å². The van der Waals surface area contributed by atoms with Crippen molar-refractivity contribution in [3.8, 4) is 0 Å². The Morgan fingerprint density at radius 1 is 1.50 bits per heavy atom. The summed E-state index contributed by atoms with van der Waals surface area (Å²) in [4.78, 5) is 4.37. The number of hydrogen-bond donors (Lipinski definition) is 2. The second-order valence-electron chi connectivity index (χ2n) is 3.31. The third-order valence-corrected chi connectivity index (χ3v) is 3.14. The predicted molar refractivity (Wildman–Crippen MR) is 59.6 cm³/mol. The summed E-state index contributed by atoms with van der Waals surface area (Å²) in [5.74, 6) is 0. The van der Waals surface area contributed by atoms with Crippen molar-refractivity contribution in [1.29, 1.82) is 0 Å². The highest BCUT2D eigenvalue weighted by molar-refractivity contribution is 7.98. The minimum absolute atomic E-state index is 0.417. The lowest BCUT2D eigenvalue weighted by molar-refractivity contribution is 0.424. The van der Waals surface area contributed by atoms with Gasteiger partial charge in [0.1, 0.15) is 5.03 Å². The van der Waals surface area contributed by atoms with E-state index in [2.05, 4.69) is 27.9 Å². The maximum Gasteiger partial charge on any atom is 0.100 e. The molecule has 2 heterocycles. The number of aromatic nitrogens is 1. The van der Waals surface area contributed by atoms with Crippen LogP contribution in [-0.2, 0) is 0 Å². The van der Waals surface area contributed by atoms with Crippen LogP contribution in [0.25, 0.3) is 0 Å². The first-order chi connectivity index (χ1) is 6.92. The highest BCUT2D eigenvalue weighted by Crippen LogP contribution is 2.23. The van der Waals surface area contributed by atoms with E-state index in [9.17, 15) is 0 Å². The Balaban J connectivity index is 2.20. The number of nitrogens with zero attached hydrogens (tertiary/aromatic N) is 1. The van der Waals surface area contributed by atoms with Crippen LogP contribution in [0.2, 0.25) is 0 Å². The van der Waals surface area contributed by atoms with Crippen molar-refractivity contribution in [2.24, 2.45) is 0 Å². The van der Waals surface area contributed by atoms with E-state index in [4.69, 9.17) is 0 Å². The third kappa shape index (κ3) is 2.08. The normalized spacial score (nSPS) is 22.2. The van der Waals surface area contributed by atoms with Gasteiger partial charge in [0.05, 0.1) is 0 Å². The molecule has 1 aromatic heterocycles. The van der Waals surface area contributed by atoms with E-state index >= 15 is 0 Å². The predicted octanol–water partition coefficient (Wildman–Crippen LogP) is 1.04. The van der Waals surface area contributed by atoms with Gasteiger partial charge in [0.25, 0.3) is 0 Å². The Morgan fingerprint density at radius 2 is 2.43 bits per heavy atom. The zero-order valence-electron chi connectivity index (χ0n) is 8.29. The van der Waals surface area contributed by atoms with E-state index in [1.165, 1.54) is 5.56 Å². The number of thioether (sulfide) groups is 1. The lowest BCUT2D eigenvalue weighted by Crippen LogP contribution is -2.42. The second kappa shape index (κ2) is 4.77. The van der Waals surface area contributed by atoms with E-state index in [1.54, 1.807) is 11.8 Å². The van der Waals surface area contributed by atoms with Crippen molar-refractivity contribution < 1.29 is 0 Å². The maximum atomic E-state index is 4.37. The molecule has 0 spiro atoms. The van der Waals surface area contributed by atoms with Gasteiger partial charge >= 0.3 is 0 Å². The molecular weight excluding hydrogens is 194 g/mol. The molecule has 1 aliphatic rings. The summed E-state index contributed by atoms with van der Waals surface area (Å²) in [7, 11) is 0. The van der Waals surface area contributed by atoms with Crippen LogP contribution in [0.3, 0.4) is 0 Å². The first-order valence-electron chi connectivity index (χ1n) is 4.85. The molecule has 1 aliphatic heterocycles. The van der Waals surface area contributed by atoms with Crippen molar-refractivity contribution >= 4 is 11.8 Å². The molecule has 2 rings (SSSR count). The van der Waals surface area contributed by atoms with Crippen molar-refractivity contribution in [3.63, 3.8) is 0 Å². The maximum absolute atomic E-state index is 4.37. The summed E-state index contributed by atoms with van der Waals surface area (Å²) in [5.41, 5.74) is 1.31. The third-order valence-electron chi connectivity index (χ3n) is 2.41. The van der Waals surface area contributed by atoms with Crippen LogP contribution in [-0.4, -0.2) is 30.9 Å². The Bertz CT molecular complexity index is 297. The van der Waals surface area contributed by atoms with Gasteiger partial charge in [-0.1, -0.05) is 6.07 Å². The zero-order valence-corrected chi connectivity index (χ0v) is 9.10. The fourth-order valence-corrected chi connectivity index (χ4v) is 2.32. The number of nitrogens with one attached hydrogen (secondary N) is 2. The minimum atomic E-state index is 0.417. The molecule has 0 aliphatic carbocycles. The fraction of sp³-hybridized carbons (Fsp3) is 0.500. The van der Waals surface area contributed by atoms with Crippen molar-refractivity contribution in [2.45, 2.75) is 11.1 Å². The molecule has 0 radical (unpaired) electrons. The zero-order chi connectivity index (χ0) is 9.80. The van der Waals surface area contributed by atoms with E-state index in [0.717, 1.165) is 24.7 Å². The molecule has 4 heteroatoms. The van der Waals surface area contributed by atoms with Crippen molar-refractivity contribution in [1.82, 2.24) is 15.6 Å². The van der Waals surface area contributed by atoms with Gasteiger partial charge in [-0.2, -0.15) is 0 Å². The van der Waals surface area contributed by atoms with Crippen molar-refractivity contribution in [2.75, 3.05) is 25.9 Å².